The first kappa shape index (κ1) is 35.4. The Bertz CT molecular complexity index is 1720. The van der Waals surface area contributed by atoms with Gasteiger partial charge in [0.25, 0.3) is 0 Å². The Morgan fingerprint density at radius 1 is 1.00 bits per heavy atom. The van der Waals surface area contributed by atoms with E-state index in [1.165, 1.54) is 23.5 Å². The first-order chi connectivity index (χ1) is 22.9. The molecule has 0 saturated carbocycles. The third-order valence-electron chi connectivity index (χ3n) is 8.06. The van der Waals surface area contributed by atoms with Crippen molar-refractivity contribution in [3.05, 3.63) is 94.0 Å². The van der Waals surface area contributed by atoms with Crippen molar-refractivity contribution in [2.24, 2.45) is 0 Å². The van der Waals surface area contributed by atoms with Gasteiger partial charge in [-0.3, -0.25) is 9.69 Å². The number of carbonyl (C=O) groups is 2. The molecule has 1 saturated heterocycles. The second kappa shape index (κ2) is 15.6. The first-order valence-corrected chi connectivity index (χ1v) is 17.5. The van der Waals surface area contributed by atoms with Crippen LogP contribution in [0.5, 0.6) is 5.75 Å². The number of nitrogens with zero attached hydrogens (tertiary/aromatic N) is 3. The predicted octanol–water partition coefficient (Wildman–Crippen LogP) is 8.28. The number of ether oxygens (including phenoxy) is 2. The molecule has 1 aromatic heterocycles. The monoisotopic (exact) mass is 697 g/mol. The number of anilines is 1. The molecule has 5 rings (SSSR count). The van der Waals surface area contributed by atoms with Crippen molar-refractivity contribution in [2.45, 2.75) is 57.2 Å². The van der Waals surface area contributed by atoms with E-state index in [9.17, 15) is 22.8 Å². The molecule has 1 unspecified atom stereocenters. The lowest BCUT2D eigenvalue weighted by Gasteiger charge is -2.36. The van der Waals surface area contributed by atoms with Gasteiger partial charge in [-0.1, -0.05) is 12.1 Å². The number of halogens is 3. The summed E-state index contributed by atoms with van der Waals surface area (Å²) >= 11 is 3.15. The number of thioether (sulfide) groups is 1. The zero-order valence-electron chi connectivity index (χ0n) is 27.3. The molecule has 1 aliphatic heterocycles. The molecule has 0 aliphatic carbocycles. The van der Waals surface area contributed by atoms with Crippen molar-refractivity contribution in [2.75, 3.05) is 37.7 Å². The van der Waals surface area contributed by atoms with Gasteiger partial charge in [-0.15, -0.1) is 23.1 Å². The average molecular weight is 698 g/mol. The van der Waals surface area contributed by atoms with Gasteiger partial charge in [-0.05, 0) is 87.9 Å². The van der Waals surface area contributed by atoms with Crippen molar-refractivity contribution < 1.29 is 32.2 Å². The number of esters is 1. The highest BCUT2D eigenvalue weighted by Gasteiger charge is 2.30. The van der Waals surface area contributed by atoms with Crippen LogP contribution in [0.1, 0.15) is 52.8 Å². The number of aromatic nitrogens is 1. The van der Waals surface area contributed by atoms with E-state index >= 15 is 0 Å². The van der Waals surface area contributed by atoms with E-state index in [-0.39, 0.29) is 12.4 Å². The average Bonchev–Trinajstić information content (AvgIpc) is 3.47. The maximum absolute atomic E-state index is 13.2. The van der Waals surface area contributed by atoms with Crippen LogP contribution in [0.4, 0.5) is 18.9 Å². The van der Waals surface area contributed by atoms with E-state index in [4.69, 9.17) is 14.5 Å². The second-order valence-corrected chi connectivity index (χ2v) is 13.7. The van der Waals surface area contributed by atoms with E-state index in [1.54, 1.807) is 32.5 Å². The Kier molecular flexibility index (Phi) is 11.5. The number of ketones is 1. The molecule has 3 aromatic carbocycles. The van der Waals surface area contributed by atoms with Gasteiger partial charge in [0.05, 0.1) is 17.9 Å². The molecule has 4 aromatic rings. The highest BCUT2D eigenvalue weighted by atomic mass is 32.2. The van der Waals surface area contributed by atoms with Gasteiger partial charge in [0.2, 0.25) is 0 Å². The number of benzene rings is 3. The Balaban J connectivity index is 1.30. The van der Waals surface area contributed by atoms with Gasteiger partial charge < -0.3 is 14.4 Å². The number of alkyl halides is 3. The van der Waals surface area contributed by atoms with E-state index in [0.29, 0.717) is 34.2 Å². The number of hydrogen-bond acceptors (Lipinski definition) is 9. The van der Waals surface area contributed by atoms with Gasteiger partial charge in [-0.25, -0.2) is 9.78 Å². The molecule has 48 heavy (non-hydrogen) atoms. The quantitative estimate of drug-likeness (QED) is 0.0833. The maximum atomic E-state index is 13.2. The minimum absolute atomic E-state index is 0.0427. The molecule has 1 fully saturated rings. The number of aryl methyl sites for hydroxylation is 1. The molecule has 0 spiro atoms. The molecular weight excluding hydrogens is 660 g/mol. The number of Topliss-reactive ketones (excluding diaryl/α,β-unsaturated/α-hetero) is 1. The zero-order chi connectivity index (χ0) is 34.4. The fourth-order valence-corrected chi connectivity index (χ4v) is 7.49. The number of rotatable bonds is 12. The molecule has 0 radical (unpaired) electrons. The summed E-state index contributed by atoms with van der Waals surface area (Å²) < 4.78 is 50.5. The van der Waals surface area contributed by atoms with Gasteiger partial charge in [0.15, 0.2) is 11.9 Å². The summed E-state index contributed by atoms with van der Waals surface area (Å²) in [5.41, 5.74) is 3.54. The molecular formula is C36H38F3N3O4S2. The van der Waals surface area contributed by atoms with Crippen molar-refractivity contribution >= 4 is 40.5 Å². The van der Waals surface area contributed by atoms with Crippen molar-refractivity contribution in [3.8, 4) is 16.3 Å². The van der Waals surface area contributed by atoms with Crippen molar-refractivity contribution in [1.82, 2.24) is 9.88 Å². The van der Waals surface area contributed by atoms with Crippen LogP contribution < -0.4 is 9.64 Å². The zero-order valence-corrected chi connectivity index (χ0v) is 28.9. The minimum atomic E-state index is -4.40. The lowest BCUT2D eigenvalue weighted by Crippen LogP contribution is -2.46. The molecule has 12 heteroatoms. The molecule has 7 nitrogen and oxygen atoms in total. The summed E-state index contributed by atoms with van der Waals surface area (Å²) in [5, 5.41) is 0.686. The Morgan fingerprint density at radius 3 is 2.29 bits per heavy atom. The minimum Gasteiger partial charge on any atom is -0.479 e. The van der Waals surface area contributed by atoms with Crippen LogP contribution in [0, 0.1) is 6.92 Å². The largest absolute Gasteiger partial charge is 0.479 e. The molecule has 2 heterocycles. The Hall–Kier alpha value is -3.87. The molecule has 1 atom stereocenters. The number of thiazole rings is 1. The SMILES string of the molecule is CCOC(=O)C(C)Oc1ccc(SCc2sc(-c3ccc(C(F)(F)F)cc3)nc2CN2CCN(c3ccc(C(C)=O)cc3)CC2)cc1C. The lowest BCUT2D eigenvalue weighted by atomic mass is 10.1. The van der Waals surface area contributed by atoms with Gasteiger partial charge in [0.1, 0.15) is 10.8 Å². The number of piperazine rings is 1. The first-order valence-electron chi connectivity index (χ1n) is 15.7. The third-order valence-corrected chi connectivity index (χ3v) is 10.4. The number of carbonyl (C=O) groups excluding carboxylic acids is 2. The molecule has 0 amide bonds. The summed E-state index contributed by atoms with van der Waals surface area (Å²) in [6.07, 6.45) is -5.12. The number of hydrogen-bond donors (Lipinski definition) is 0. The topological polar surface area (TPSA) is 72.0 Å². The van der Waals surface area contributed by atoms with E-state index in [2.05, 4.69) is 9.80 Å². The molecule has 0 N–H and O–H groups in total. The molecule has 1 aliphatic rings. The van der Waals surface area contributed by atoms with Crippen LogP contribution in [0.3, 0.4) is 0 Å². The van der Waals surface area contributed by atoms with Crippen LogP contribution in [0.25, 0.3) is 10.6 Å². The Labute approximate surface area is 287 Å². The fourth-order valence-electron chi connectivity index (χ4n) is 5.32. The summed E-state index contributed by atoms with van der Waals surface area (Å²) in [4.78, 5) is 35.4. The molecule has 0 bridgehead atoms. The predicted molar refractivity (Wildman–Crippen MR) is 184 cm³/mol. The Morgan fingerprint density at radius 2 is 1.69 bits per heavy atom. The normalized spacial score (nSPS) is 14.5. The van der Waals surface area contributed by atoms with E-state index in [0.717, 1.165) is 65.0 Å². The second-order valence-electron chi connectivity index (χ2n) is 11.6. The third kappa shape index (κ3) is 8.97. The van der Waals surface area contributed by atoms with Gasteiger partial charge in [-0.2, -0.15) is 13.2 Å². The van der Waals surface area contributed by atoms with E-state index in [1.807, 2.05) is 49.4 Å². The summed E-state index contributed by atoms with van der Waals surface area (Å²) in [5.74, 6) is 0.870. The highest BCUT2D eigenvalue weighted by Crippen LogP contribution is 2.37. The molecule has 254 valence electrons. The van der Waals surface area contributed by atoms with Crippen molar-refractivity contribution in [3.63, 3.8) is 0 Å². The highest BCUT2D eigenvalue weighted by molar-refractivity contribution is 7.98. The van der Waals surface area contributed by atoms with Crippen LogP contribution >= 0.6 is 23.1 Å². The van der Waals surface area contributed by atoms with Crippen LogP contribution in [-0.2, 0) is 28.0 Å². The summed E-state index contributed by atoms with van der Waals surface area (Å²) in [6.45, 7) is 11.1. The van der Waals surface area contributed by atoms with E-state index < -0.39 is 23.8 Å². The smallest absolute Gasteiger partial charge is 0.416 e. The standard InChI is InChI=1S/C36H38F3N3O4S2/c1-5-45-35(44)25(4)46-32-15-14-30(20-23(32)2)47-22-33-31(40-34(48-33)27-6-10-28(11-7-27)36(37,38)39)21-41-16-18-42(19-17-41)29-12-8-26(9-13-29)24(3)43/h6-15,20,25H,5,16-19,21-22H2,1-4H3. The fraction of sp³-hybridized carbons (Fsp3) is 0.361. The van der Waals surface area contributed by atoms with Crippen LogP contribution in [-0.4, -0.2) is 60.5 Å². The summed E-state index contributed by atoms with van der Waals surface area (Å²) in [6, 6.07) is 18.7. The van der Waals surface area contributed by atoms with Gasteiger partial charge >= 0.3 is 12.1 Å². The van der Waals surface area contributed by atoms with Gasteiger partial charge in [0, 0.05) is 65.1 Å². The van der Waals surface area contributed by atoms with Crippen LogP contribution in [0.15, 0.2) is 71.6 Å². The lowest BCUT2D eigenvalue weighted by molar-refractivity contribution is -0.150. The summed E-state index contributed by atoms with van der Waals surface area (Å²) in [7, 11) is 0. The maximum Gasteiger partial charge on any atom is 0.416 e. The van der Waals surface area contributed by atoms with Crippen molar-refractivity contribution in [1.29, 1.82) is 0 Å². The van der Waals surface area contributed by atoms with Crippen LogP contribution in [0.2, 0.25) is 0 Å².